The number of alkyl halides is 3. The van der Waals surface area contributed by atoms with Crippen LogP contribution in [0, 0.1) is 0 Å². The van der Waals surface area contributed by atoms with E-state index in [0.29, 0.717) is 6.92 Å². The molecule has 0 radical (unpaired) electrons. The molecular formula is C6H5F3O4. The van der Waals surface area contributed by atoms with Crippen molar-refractivity contribution >= 4 is 11.9 Å². The van der Waals surface area contributed by atoms with Crippen LogP contribution in [0.3, 0.4) is 0 Å². The minimum absolute atomic E-state index is 0.583. The summed E-state index contributed by atoms with van der Waals surface area (Å²) in [6, 6.07) is 0. The Hall–Kier alpha value is -1.53. The van der Waals surface area contributed by atoms with Gasteiger partial charge in [-0.05, 0) is 6.92 Å². The van der Waals surface area contributed by atoms with Crippen molar-refractivity contribution in [2.45, 2.75) is 13.1 Å². The van der Waals surface area contributed by atoms with Crippen LogP contribution in [0.1, 0.15) is 6.92 Å². The van der Waals surface area contributed by atoms with Crippen LogP contribution in [-0.2, 0) is 9.59 Å². The maximum absolute atomic E-state index is 11.9. The molecule has 0 aliphatic heterocycles. The molecule has 0 atom stereocenters. The molecule has 0 aromatic rings. The zero-order valence-corrected chi connectivity index (χ0v) is 6.34. The summed E-state index contributed by atoms with van der Waals surface area (Å²) in [5, 5.41) is 16.2. The summed E-state index contributed by atoms with van der Waals surface area (Å²) in [4.78, 5) is 20.1. The van der Waals surface area contributed by atoms with Crippen LogP contribution in [-0.4, -0.2) is 28.3 Å². The lowest BCUT2D eigenvalue weighted by Crippen LogP contribution is -2.23. The van der Waals surface area contributed by atoms with Crippen LogP contribution in [0.5, 0.6) is 0 Å². The molecule has 7 heteroatoms. The molecule has 0 bridgehead atoms. The zero-order chi connectivity index (χ0) is 10.8. The van der Waals surface area contributed by atoms with E-state index < -0.39 is 29.3 Å². The third kappa shape index (κ3) is 2.77. The number of rotatable bonds is 2. The summed E-state index contributed by atoms with van der Waals surface area (Å²) < 4.78 is 35.6. The second-order valence-electron chi connectivity index (χ2n) is 2.11. The molecule has 2 N–H and O–H groups in total. The maximum atomic E-state index is 11.9. The fraction of sp³-hybridized carbons (Fsp3) is 0.333. The van der Waals surface area contributed by atoms with Crippen LogP contribution in [0.25, 0.3) is 0 Å². The number of carboxylic acids is 2. The monoisotopic (exact) mass is 198 g/mol. The van der Waals surface area contributed by atoms with Crippen LogP contribution in [0.2, 0.25) is 0 Å². The molecule has 0 aromatic heterocycles. The lowest BCUT2D eigenvalue weighted by Gasteiger charge is -2.08. The fourth-order valence-electron chi connectivity index (χ4n) is 0.601. The Morgan fingerprint density at radius 3 is 1.54 bits per heavy atom. The molecule has 0 saturated heterocycles. The van der Waals surface area contributed by atoms with Crippen molar-refractivity contribution in [2.24, 2.45) is 0 Å². The third-order valence-corrected chi connectivity index (χ3v) is 1.19. The van der Waals surface area contributed by atoms with E-state index in [1.165, 1.54) is 0 Å². The Kier molecular flexibility index (Phi) is 3.05. The maximum Gasteiger partial charge on any atom is 0.423 e. The van der Waals surface area contributed by atoms with Crippen molar-refractivity contribution in [1.29, 1.82) is 0 Å². The first-order chi connectivity index (χ1) is 5.68. The van der Waals surface area contributed by atoms with Gasteiger partial charge in [-0.1, -0.05) is 0 Å². The Morgan fingerprint density at radius 2 is 1.46 bits per heavy atom. The number of hydrogen-bond donors (Lipinski definition) is 2. The Balaban J connectivity index is 5.40. The van der Waals surface area contributed by atoms with Crippen LogP contribution < -0.4 is 0 Å². The normalized spacial score (nSPS) is 13.5. The fourth-order valence-corrected chi connectivity index (χ4v) is 0.601. The standard InChI is InChI=1S/C6H5F3O4/c1-2(4(10)11)3(5(12)13)6(7,8)9/h1H3,(H,10,11)(H,12,13)/b3-2+. The largest absolute Gasteiger partial charge is 0.478 e. The average Bonchev–Trinajstić information content (AvgIpc) is 1.82. The zero-order valence-electron chi connectivity index (χ0n) is 6.34. The van der Waals surface area contributed by atoms with E-state index in [2.05, 4.69) is 0 Å². The van der Waals surface area contributed by atoms with Crippen molar-refractivity contribution in [3.63, 3.8) is 0 Å². The van der Waals surface area contributed by atoms with E-state index in [9.17, 15) is 22.8 Å². The minimum Gasteiger partial charge on any atom is -0.478 e. The summed E-state index contributed by atoms with van der Waals surface area (Å²) >= 11 is 0. The number of halogens is 3. The van der Waals surface area contributed by atoms with Gasteiger partial charge in [0.15, 0.2) is 5.57 Å². The molecule has 0 saturated carbocycles. The lowest BCUT2D eigenvalue weighted by molar-refractivity contribution is -0.147. The van der Waals surface area contributed by atoms with Gasteiger partial charge < -0.3 is 10.2 Å². The molecule has 0 unspecified atom stereocenters. The van der Waals surface area contributed by atoms with Crippen molar-refractivity contribution in [3.8, 4) is 0 Å². The Morgan fingerprint density at radius 1 is 1.08 bits per heavy atom. The number of hydrogen-bond acceptors (Lipinski definition) is 2. The van der Waals surface area contributed by atoms with Gasteiger partial charge in [-0.15, -0.1) is 0 Å². The number of carbonyl (C=O) groups is 2. The number of aliphatic carboxylic acids is 2. The second-order valence-corrected chi connectivity index (χ2v) is 2.11. The van der Waals surface area contributed by atoms with Gasteiger partial charge in [-0.2, -0.15) is 13.2 Å². The van der Waals surface area contributed by atoms with Gasteiger partial charge in [0.2, 0.25) is 0 Å². The van der Waals surface area contributed by atoms with Crippen molar-refractivity contribution < 1.29 is 33.0 Å². The second kappa shape index (κ2) is 3.46. The highest BCUT2D eigenvalue weighted by Crippen LogP contribution is 2.28. The van der Waals surface area contributed by atoms with Gasteiger partial charge in [0.25, 0.3) is 0 Å². The minimum atomic E-state index is -5.16. The van der Waals surface area contributed by atoms with Gasteiger partial charge in [0, 0.05) is 0 Å². The first-order valence-corrected chi connectivity index (χ1v) is 2.92. The highest BCUT2D eigenvalue weighted by Gasteiger charge is 2.41. The molecule has 0 aliphatic carbocycles. The van der Waals surface area contributed by atoms with E-state index in [-0.39, 0.29) is 0 Å². The first-order valence-electron chi connectivity index (χ1n) is 2.92. The smallest absolute Gasteiger partial charge is 0.423 e. The lowest BCUT2D eigenvalue weighted by atomic mass is 10.1. The van der Waals surface area contributed by atoms with E-state index in [4.69, 9.17) is 10.2 Å². The summed E-state index contributed by atoms with van der Waals surface area (Å²) in [5.74, 6) is -4.21. The predicted octanol–water partition coefficient (Wildman–Crippen LogP) is 1.03. The van der Waals surface area contributed by atoms with E-state index in [1.54, 1.807) is 0 Å². The van der Waals surface area contributed by atoms with Crippen LogP contribution in [0.15, 0.2) is 11.1 Å². The van der Waals surface area contributed by atoms with Crippen molar-refractivity contribution in [2.75, 3.05) is 0 Å². The topological polar surface area (TPSA) is 74.6 Å². The van der Waals surface area contributed by atoms with Gasteiger partial charge in [-0.3, -0.25) is 0 Å². The van der Waals surface area contributed by atoms with Crippen molar-refractivity contribution in [3.05, 3.63) is 11.1 Å². The van der Waals surface area contributed by atoms with Crippen molar-refractivity contribution in [1.82, 2.24) is 0 Å². The van der Waals surface area contributed by atoms with E-state index >= 15 is 0 Å². The molecular weight excluding hydrogens is 193 g/mol. The Labute approximate surface area is 70.3 Å². The Bertz CT molecular complexity index is 276. The van der Waals surface area contributed by atoms with Gasteiger partial charge in [0.1, 0.15) is 0 Å². The molecule has 4 nitrogen and oxygen atoms in total. The third-order valence-electron chi connectivity index (χ3n) is 1.19. The molecule has 0 fully saturated rings. The summed E-state index contributed by atoms with van der Waals surface area (Å²) in [5.41, 5.74) is -3.29. The van der Waals surface area contributed by atoms with Crippen LogP contribution in [0.4, 0.5) is 13.2 Å². The summed E-state index contributed by atoms with van der Waals surface area (Å²) in [6.07, 6.45) is -5.16. The van der Waals surface area contributed by atoms with Crippen LogP contribution >= 0.6 is 0 Å². The molecule has 0 heterocycles. The molecule has 13 heavy (non-hydrogen) atoms. The quantitative estimate of drug-likeness (QED) is 0.650. The SMILES string of the molecule is C/C(C(=O)O)=C(/C(=O)O)C(F)(F)F. The first kappa shape index (κ1) is 11.5. The summed E-state index contributed by atoms with van der Waals surface area (Å²) in [7, 11) is 0. The molecule has 0 aromatic carbocycles. The van der Waals surface area contributed by atoms with Gasteiger partial charge in [0.05, 0.1) is 5.57 Å². The predicted molar refractivity (Wildman–Crippen MR) is 34.0 cm³/mol. The van der Waals surface area contributed by atoms with E-state index in [1.807, 2.05) is 0 Å². The highest BCUT2D eigenvalue weighted by molar-refractivity contribution is 5.99. The molecule has 0 amide bonds. The number of carboxylic acid groups (broad SMARTS) is 2. The molecule has 74 valence electrons. The summed E-state index contributed by atoms with van der Waals surface area (Å²) in [6.45, 7) is 0.583. The molecule has 0 rings (SSSR count). The van der Waals surface area contributed by atoms with Gasteiger partial charge in [-0.25, -0.2) is 9.59 Å². The average molecular weight is 198 g/mol. The van der Waals surface area contributed by atoms with E-state index in [0.717, 1.165) is 0 Å². The van der Waals surface area contributed by atoms with Gasteiger partial charge >= 0.3 is 18.1 Å². The molecule has 0 aliphatic rings. The highest BCUT2D eigenvalue weighted by atomic mass is 19.4. The molecule has 0 spiro atoms.